The van der Waals surface area contributed by atoms with Crippen LogP contribution in [0.3, 0.4) is 0 Å². The molecular formula is C11H12O4. The third kappa shape index (κ3) is 1.68. The number of aliphatic hydroxyl groups is 1. The lowest BCUT2D eigenvalue weighted by Gasteiger charge is -2.21. The number of hydrogen-bond donors (Lipinski definition) is 3. The van der Waals surface area contributed by atoms with Crippen molar-refractivity contribution in [1.29, 1.82) is 0 Å². The zero-order valence-corrected chi connectivity index (χ0v) is 8.10. The lowest BCUT2D eigenvalue weighted by molar-refractivity contribution is -0.142. The fourth-order valence-corrected chi connectivity index (χ4v) is 2.15. The SMILES string of the molecule is O=C(O)CC1(O)CCc2cc(O)ccc21. The smallest absolute Gasteiger partial charge is 0.306 e. The molecule has 0 saturated carbocycles. The standard InChI is InChI=1S/C11H12O4/c12-8-1-2-9-7(5-8)3-4-11(9,15)6-10(13)14/h1-2,5,12,15H,3-4,6H2,(H,13,14). The fourth-order valence-electron chi connectivity index (χ4n) is 2.15. The molecule has 0 radical (unpaired) electrons. The summed E-state index contributed by atoms with van der Waals surface area (Å²) in [5.74, 6) is -0.869. The molecule has 1 atom stereocenters. The normalized spacial score (nSPS) is 23.8. The number of fused-ring (bicyclic) bond motifs is 1. The van der Waals surface area contributed by atoms with Crippen LogP contribution >= 0.6 is 0 Å². The van der Waals surface area contributed by atoms with Crippen molar-refractivity contribution in [3.63, 3.8) is 0 Å². The van der Waals surface area contributed by atoms with Crippen molar-refractivity contribution in [1.82, 2.24) is 0 Å². The number of carbonyl (C=O) groups is 1. The molecule has 4 nitrogen and oxygen atoms in total. The van der Waals surface area contributed by atoms with Gasteiger partial charge in [0.25, 0.3) is 0 Å². The maximum absolute atomic E-state index is 10.6. The summed E-state index contributed by atoms with van der Waals surface area (Å²) in [5, 5.41) is 28.1. The van der Waals surface area contributed by atoms with Crippen molar-refractivity contribution in [2.45, 2.75) is 24.9 Å². The molecule has 1 aliphatic rings. The number of phenolic OH excluding ortho intramolecular Hbond substituents is 1. The number of benzene rings is 1. The summed E-state index contributed by atoms with van der Waals surface area (Å²) >= 11 is 0. The molecule has 2 rings (SSSR count). The average Bonchev–Trinajstić information content (AvgIpc) is 2.42. The highest BCUT2D eigenvalue weighted by Gasteiger charge is 2.38. The van der Waals surface area contributed by atoms with E-state index in [9.17, 15) is 15.0 Å². The van der Waals surface area contributed by atoms with Crippen LogP contribution in [0.2, 0.25) is 0 Å². The minimum absolute atomic E-state index is 0.147. The lowest BCUT2D eigenvalue weighted by Crippen LogP contribution is -2.25. The molecule has 0 heterocycles. The van der Waals surface area contributed by atoms with Crippen molar-refractivity contribution >= 4 is 5.97 Å². The van der Waals surface area contributed by atoms with Crippen LogP contribution in [0.15, 0.2) is 18.2 Å². The van der Waals surface area contributed by atoms with E-state index in [4.69, 9.17) is 5.11 Å². The molecule has 1 unspecified atom stereocenters. The predicted octanol–water partition coefficient (Wildman–Crippen LogP) is 1.00. The number of phenols is 1. The second kappa shape index (κ2) is 3.24. The van der Waals surface area contributed by atoms with Gasteiger partial charge in [-0.2, -0.15) is 0 Å². The van der Waals surface area contributed by atoms with Crippen LogP contribution in [-0.2, 0) is 16.8 Å². The summed E-state index contributed by atoms with van der Waals surface area (Å²) in [7, 11) is 0. The van der Waals surface area contributed by atoms with Gasteiger partial charge in [-0.15, -0.1) is 0 Å². The second-order valence-corrected chi connectivity index (χ2v) is 3.94. The van der Waals surface area contributed by atoms with Crippen LogP contribution in [0.1, 0.15) is 24.0 Å². The van der Waals surface area contributed by atoms with Gasteiger partial charge in [0.1, 0.15) is 11.4 Å². The van der Waals surface area contributed by atoms with E-state index in [-0.39, 0.29) is 12.2 Å². The molecule has 0 bridgehead atoms. The van der Waals surface area contributed by atoms with E-state index in [0.29, 0.717) is 18.4 Å². The lowest BCUT2D eigenvalue weighted by atomic mass is 9.92. The van der Waals surface area contributed by atoms with Crippen LogP contribution in [0, 0.1) is 0 Å². The molecule has 1 aromatic carbocycles. The van der Waals surface area contributed by atoms with Crippen LogP contribution < -0.4 is 0 Å². The number of carboxylic acid groups (broad SMARTS) is 1. The van der Waals surface area contributed by atoms with Crippen LogP contribution in [-0.4, -0.2) is 21.3 Å². The summed E-state index contributed by atoms with van der Waals surface area (Å²) in [6.45, 7) is 0. The summed E-state index contributed by atoms with van der Waals surface area (Å²) in [6.07, 6.45) is 0.719. The van der Waals surface area contributed by atoms with Gasteiger partial charge in [0.2, 0.25) is 0 Å². The Labute approximate surface area is 86.8 Å². The molecule has 0 spiro atoms. The highest BCUT2D eigenvalue weighted by molar-refractivity contribution is 5.69. The Morgan fingerprint density at radius 2 is 2.20 bits per heavy atom. The van der Waals surface area contributed by atoms with Gasteiger partial charge in [0, 0.05) is 0 Å². The molecule has 0 amide bonds. The molecule has 80 valence electrons. The highest BCUT2D eigenvalue weighted by atomic mass is 16.4. The molecule has 1 aliphatic carbocycles. The van der Waals surface area contributed by atoms with Gasteiger partial charge in [-0.3, -0.25) is 4.79 Å². The monoisotopic (exact) mass is 208 g/mol. The summed E-state index contributed by atoms with van der Waals surface area (Å²) < 4.78 is 0. The van der Waals surface area contributed by atoms with Gasteiger partial charge in [-0.25, -0.2) is 0 Å². The predicted molar refractivity (Wildman–Crippen MR) is 52.6 cm³/mol. The molecular weight excluding hydrogens is 196 g/mol. The average molecular weight is 208 g/mol. The van der Waals surface area contributed by atoms with Gasteiger partial charge in [-0.05, 0) is 36.1 Å². The number of carboxylic acids is 1. The molecule has 3 N–H and O–H groups in total. The van der Waals surface area contributed by atoms with E-state index in [1.165, 1.54) is 6.07 Å². The Bertz CT molecular complexity index is 413. The first-order chi connectivity index (χ1) is 7.01. The molecule has 4 heteroatoms. The third-order valence-electron chi connectivity index (χ3n) is 2.84. The first-order valence-electron chi connectivity index (χ1n) is 4.78. The van der Waals surface area contributed by atoms with E-state index in [2.05, 4.69) is 0 Å². The quantitative estimate of drug-likeness (QED) is 0.677. The first-order valence-corrected chi connectivity index (χ1v) is 4.78. The Kier molecular flexibility index (Phi) is 2.16. The van der Waals surface area contributed by atoms with E-state index in [0.717, 1.165) is 5.56 Å². The van der Waals surface area contributed by atoms with E-state index in [1.807, 2.05) is 0 Å². The van der Waals surface area contributed by atoms with E-state index in [1.54, 1.807) is 12.1 Å². The Balaban J connectivity index is 2.39. The Hall–Kier alpha value is -1.55. The topological polar surface area (TPSA) is 77.8 Å². The number of rotatable bonds is 2. The Morgan fingerprint density at radius 1 is 1.47 bits per heavy atom. The van der Waals surface area contributed by atoms with Crippen molar-refractivity contribution in [3.8, 4) is 5.75 Å². The van der Waals surface area contributed by atoms with E-state index >= 15 is 0 Å². The molecule has 0 saturated heterocycles. The van der Waals surface area contributed by atoms with Gasteiger partial charge >= 0.3 is 5.97 Å². The largest absolute Gasteiger partial charge is 0.508 e. The van der Waals surface area contributed by atoms with E-state index < -0.39 is 11.6 Å². The van der Waals surface area contributed by atoms with Gasteiger partial charge < -0.3 is 15.3 Å². The molecule has 1 aromatic rings. The zero-order valence-electron chi connectivity index (χ0n) is 8.10. The minimum Gasteiger partial charge on any atom is -0.508 e. The molecule has 15 heavy (non-hydrogen) atoms. The highest BCUT2D eigenvalue weighted by Crippen LogP contribution is 2.40. The number of aromatic hydroxyl groups is 1. The first kappa shape index (κ1) is 9.98. The van der Waals surface area contributed by atoms with Gasteiger partial charge in [0.05, 0.1) is 6.42 Å². The molecule has 0 fully saturated rings. The van der Waals surface area contributed by atoms with Gasteiger partial charge in [0.15, 0.2) is 0 Å². The second-order valence-electron chi connectivity index (χ2n) is 3.94. The fraction of sp³-hybridized carbons (Fsp3) is 0.364. The maximum Gasteiger partial charge on any atom is 0.306 e. The van der Waals surface area contributed by atoms with Crippen molar-refractivity contribution in [2.24, 2.45) is 0 Å². The summed E-state index contributed by atoms with van der Waals surface area (Å²) in [6, 6.07) is 4.65. The van der Waals surface area contributed by atoms with Crippen LogP contribution in [0.25, 0.3) is 0 Å². The van der Waals surface area contributed by atoms with Crippen molar-refractivity contribution < 1.29 is 20.1 Å². The van der Waals surface area contributed by atoms with Crippen molar-refractivity contribution in [2.75, 3.05) is 0 Å². The van der Waals surface area contributed by atoms with Crippen molar-refractivity contribution in [3.05, 3.63) is 29.3 Å². The maximum atomic E-state index is 10.6. The zero-order chi connectivity index (χ0) is 11.1. The Morgan fingerprint density at radius 3 is 2.87 bits per heavy atom. The molecule has 0 aromatic heterocycles. The van der Waals surface area contributed by atoms with Crippen LogP contribution in [0.5, 0.6) is 5.75 Å². The number of hydrogen-bond acceptors (Lipinski definition) is 3. The summed E-state index contributed by atoms with van der Waals surface area (Å²) in [5.41, 5.74) is 0.191. The summed E-state index contributed by atoms with van der Waals surface area (Å²) in [4.78, 5) is 10.6. The third-order valence-corrected chi connectivity index (χ3v) is 2.84. The van der Waals surface area contributed by atoms with Gasteiger partial charge in [-0.1, -0.05) is 6.07 Å². The minimum atomic E-state index is -1.27. The van der Waals surface area contributed by atoms with Crippen LogP contribution in [0.4, 0.5) is 0 Å². The number of aryl methyl sites for hydroxylation is 1. The number of aliphatic carboxylic acids is 1. The molecule has 0 aliphatic heterocycles.